The highest BCUT2D eigenvalue weighted by Gasteiger charge is 2.27. The first kappa shape index (κ1) is 13.0. The molecule has 98 valence electrons. The Labute approximate surface area is 106 Å². The van der Waals surface area contributed by atoms with Crippen molar-refractivity contribution in [3.8, 4) is 0 Å². The lowest BCUT2D eigenvalue weighted by atomic mass is 10.1. The maximum Gasteiger partial charge on any atom is 0.249 e. The molecule has 3 nitrogen and oxygen atoms in total. The van der Waals surface area contributed by atoms with Crippen molar-refractivity contribution in [2.24, 2.45) is 0 Å². The Morgan fingerprint density at radius 2 is 2.39 bits per heavy atom. The molecule has 0 aromatic heterocycles. The lowest BCUT2D eigenvalue weighted by Gasteiger charge is -2.17. The number of carbonyl (C=O) groups is 1. The predicted molar refractivity (Wildman–Crippen MR) is 66.7 cm³/mol. The summed E-state index contributed by atoms with van der Waals surface area (Å²) in [4.78, 5) is 11.9. The normalized spacial score (nSPS) is 19.4. The highest BCUT2D eigenvalue weighted by Crippen LogP contribution is 2.32. The zero-order valence-corrected chi connectivity index (χ0v) is 10.7. The van der Waals surface area contributed by atoms with E-state index in [0.29, 0.717) is 13.0 Å². The van der Waals surface area contributed by atoms with E-state index in [-0.39, 0.29) is 17.8 Å². The summed E-state index contributed by atoms with van der Waals surface area (Å²) >= 11 is 0. The molecule has 1 aliphatic rings. The van der Waals surface area contributed by atoms with Gasteiger partial charge in [-0.3, -0.25) is 4.79 Å². The average molecular weight is 251 g/mol. The number of hydrogen-bond acceptors (Lipinski definition) is 2. The summed E-state index contributed by atoms with van der Waals surface area (Å²) in [5, 5.41) is 2.92. The third kappa shape index (κ3) is 2.53. The number of halogens is 1. The van der Waals surface area contributed by atoms with Crippen molar-refractivity contribution < 1.29 is 13.9 Å². The number of ether oxygens (including phenoxy) is 1. The van der Waals surface area contributed by atoms with Crippen LogP contribution in [0, 0.1) is 5.82 Å². The van der Waals surface area contributed by atoms with E-state index in [4.69, 9.17) is 4.74 Å². The topological polar surface area (TPSA) is 38.3 Å². The predicted octanol–water partition coefficient (Wildman–Crippen LogP) is 2.35. The first-order valence-electron chi connectivity index (χ1n) is 6.32. The molecule has 0 heterocycles. The highest BCUT2D eigenvalue weighted by atomic mass is 19.1. The molecule has 1 aromatic rings. The fourth-order valence-corrected chi connectivity index (χ4v) is 2.37. The summed E-state index contributed by atoms with van der Waals surface area (Å²) in [7, 11) is 0. The number of hydrogen-bond donors (Lipinski definition) is 1. The molecule has 2 rings (SSSR count). The van der Waals surface area contributed by atoms with Gasteiger partial charge in [-0.05, 0) is 43.9 Å². The van der Waals surface area contributed by atoms with E-state index in [1.54, 1.807) is 13.0 Å². The van der Waals surface area contributed by atoms with E-state index in [9.17, 15) is 9.18 Å². The molecule has 0 fully saturated rings. The molecule has 0 unspecified atom stereocenters. The maximum atomic E-state index is 13.5. The van der Waals surface area contributed by atoms with E-state index >= 15 is 0 Å². The maximum absolute atomic E-state index is 13.5. The largest absolute Gasteiger partial charge is 0.369 e. The smallest absolute Gasteiger partial charge is 0.249 e. The summed E-state index contributed by atoms with van der Waals surface area (Å²) in [6.45, 7) is 4.08. The molecule has 0 saturated heterocycles. The fourth-order valence-electron chi connectivity index (χ4n) is 2.37. The molecule has 0 spiro atoms. The molecule has 0 bridgehead atoms. The van der Waals surface area contributed by atoms with E-state index in [1.807, 2.05) is 13.0 Å². The van der Waals surface area contributed by atoms with E-state index in [1.165, 1.54) is 6.07 Å². The van der Waals surface area contributed by atoms with E-state index in [2.05, 4.69) is 5.32 Å². The Kier molecular flexibility index (Phi) is 3.97. The second-order valence-electron chi connectivity index (χ2n) is 4.51. The Balaban J connectivity index is 2.06. The fraction of sp³-hybridized carbons (Fsp3) is 0.500. The van der Waals surface area contributed by atoms with Crippen LogP contribution in [0.5, 0.6) is 0 Å². The van der Waals surface area contributed by atoms with Crippen molar-refractivity contribution in [2.45, 2.75) is 38.8 Å². The third-order valence-corrected chi connectivity index (χ3v) is 3.32. The van der Waals surface area contributed by atoms with Crippen LogP contribution in [0.3, 0.4) is 0 Å². The average Bonchev–Trinajstić information content (AvgIpc) is 2.74. The molecule has 0 saturated carbocycles. The van der Waals surface area contributed by atoms with Crippen molar-refractivity contribution in [2.75, 3.05) is 6.61 Å². The van der Waals surface area contributed by atoms with Crippen LogP contribution in [-0.4, -0.2) is 18.6 Å². The van der Waals surface area contributed by atoms with Crippen molar-refractivity contribution >= 4 is 5.91 Å². The van der Waals surface area contributed by atoms with Gasteiger partial charge in [-0.2, -0.15) is 0 Å². The van der Waals surface area contributed by atoms with Crippen molar-refractivity contribution in [3.05, 3.63) is 35.1 Å². The molecule has 0 radical (unpaired) electrons. The molecule has 0 aliphatic heterocycles. The van der Waals surface area contributed by atoms with Gasteiger partial charge < -0.3 is 10.1 Å². The van der Waals surface area contributed by atoms with Gasteiger partial charge in [-0.25, -0.2) is 4.39 Å². The molecular formula is C14H18FNO2. The Morgan fingerprint density at radius 1 is 1.61 bits per heavy atom. The second-order valence-corrected chi connectivity index (χ2v) is 4.51. The minimum atomic E-state index is -0.465. The minimum Gasteiger partial charge on any atom is -0.369 e. The van der Waals surface area contributed by atoms with Gasteiger partial charge in [-0.1, -0.05) is 12.1 Å². The van der Waals surface area contributed by atoms with Crippen LogP contribution in [0.25, 0.3) is 0 Å². The minimum absolute atomic E-state index is 0.0916. The van der Waals surface area contributed by atoms with Crippen LogP contribution < -0.4 is 5.32 Å². The van der Waals surface area contributed by atoms with Crippen molar-refractivity contribution in [1.29, 1.82) is 0 Å². The van der Waals surface area contributed by atoms with E-state index in [0.717, 1.165) is 17.5 Å². The zero-order chi connectivity index (χ0) is 13.1. The first-order valence-corrected chi connectivity index (χ1v) is 6.32. The van der Waals surface area contributed by atoms with Crippen LogP contribution in [0.15, 0.2) is 18.2 Å². The van der Waals surface area contributed by atoms with Crippen LogP contribution in [0.2, 0.25) is 0 Å². The van der Waals surface area contributed by atoms with Crippen molar-refractivity contribution in [1.82, 2.24) is 5.32 Å². The third-order valence-electron chi connectivity index (χ3n) is 3.32. The lowest BCUT2D eigenvalue weighted by Crippen LogP contribution is -2.36. The molecule has 4 heteroatoms. The molecule has 18 heavy (non-hydrogen) atoms. The summed E-state index contributed by atoms with van der Waals surface area (Å²) < 4.78 is 18.8. The van der Waals surface area contributed by atoms with Gasteiger partial charge in [0.1, 0.15) is 11.9 Å². The van der Waals surface area contributed by atoms with Gasteiger partial charge in [0.05, 0.1) is 6.04 Å². The summed E-state index contributed by atoms with van der Waals surface area (Å²) in [6.07, 6.45) is 0.962. The number of nitrogens with one attached hydrogen (secondary N) is 1. The molecule has 1 aromatic carbocycles. The van der Waals surface area contributed by atoms with Gasteiger partial charge in [0, 0.05) is 6.61 Å². The van der Waals surface area contributed by atoms with Crippen LogP contribution in [-0.2, 0) is 16.0 Å². The van der Waals surface area contributed by atoms with Gasteiger partial charge in [0.2, 0.25) is 5.91 Å². The van der Waals surface area contributed by atoms with Gasteiger partial charge in [-0.15, -0.1) is 0 Å². The molecular weight excluding hydrogens is 233 g/mol. The summed E-state index contributed by atoms with van der Waals surface area (Å²) in [6, 6.07) is 4.93. The van der Waals surface area contributed by atoms with Crippen LogP contribution >= 0.6 is 0 Å². The molecule has 2 atom stereocenters. The van der Waals surface area contributed by atoms with Gasteiger partial charge in [0.15, 0.2) is 0 Å². The Bertz CT molecular complexity index is 447. The van der Waals surface area contributed by atoms with Gasteiger partial charge >= 0.3 is 0 Å². The summed E-state index contributed by atoms with van der Waals surface area (Å²) in [5.41, 5.74) is 1.62. The first-order chi connectivity index (χ1) is 8.63. The van der Waals surface area contributed by atoms with Crippen LogP contribution in [0.1, 0.15) is 37.4 Å². The number of carbonyl (C=O) groups excluding carboxylic acids is 1. The highest BCUT2D eigenvalue weighted by molar-refractivity contribution is 5.81. The van der Waals surface area contributed by atoms with E-state index < -0.39 is 6.10 Å². The molecule has 1 aliphatic carbocycles. The number of amides is 1. The molecule has 1 N–H and O–H groups in total. The number of rotatable bonds is 4. The number of benzene rings is 1. The lowest BCUT2D eigenvalue weighted by molar-refractivity contribution is -0.132. The van der Waals surface area contributed by atoms with Crippen molar-refractivity contribution in [3.63, 3.8) is 0 Å². The Morgan fingerprint density at radius 3 is 3.11 bits per heavy atom. The number of fused-ring (bicyclic) bond motifs is 1. The standard InChI is InChI=1S/C14H18FNO2/c1-3-18-9(2)14(17)16-13-8-7-10-11(13)5-4-6-12(10)15/h4-6,9,13H,3,7-8H2,1-2H3,(H,16,17)/t9-,13+/m0/s1. The molecule has 1 amide bonds. The van der Waals surface area contributed by atoms with Gasteiger partial charge in [0.25, 0.3) is 0 Å². The van der Waals surface area contributed by atoms with Crippen LogP contribution in [0.4, 0.5) is 4.39 Å². The Hall–Kier alpha value is -1.42. The monoisotopic (exact) mass is 251 g/mol. The zero-order valence-electron chi connectivity index (χ0n) is 10.7. The quantitative estimate of drug-likeness (QED) is 0.892. The summed E-state index contributed by atoms with van der Waals surface area (Å²) in [5.74, 6) is -0.318. The second kappa shape index (κ2) is 5.48. The SMILES string of the molecule is CCO[C@@H](C)C(=O)N[C@@H]1CCc2c(F)cccc21.